The first-order valence-electron chi connectivity index (χ1n) is 12.4. The average Bonchev–Trinajstić information content (AvgIpc) is 3.22. The molecule has 0 radical (unpaired) electrons. The minimum absolute atomic E-state index is 0.00689. The van der Waals surface area contributed by atoms with Gasteiger partial charge in [-0.15, -0.1) is 0 Å². The Labute approximate surface area is 198 Å². The summed E-state index contributed by atoms with van der Waals surface area (Å²) >= 11 is 0. The number of likely N-dealkylation sites (tertiary alicyclic amines) is 1. The third-order valence-corrected chi connectivity index (χ3v) is 7.22. The normalized spacial score (nSPS) is 22.3. The van der Waals surface area contributed by atoms with Crippen LogP contribution in [0.15, 0.2) is 54.6 Å². The first-order chi connectivity index (χ1) is 16.0. The van der Waals surface area contributed by atoms with Crippen molar-refractivity contribution in [3.05, 3.63) is 71.3 Å². The lowest BCUT2D eigenvalue weighted by atomic mass is 9.84. The van der Waals surface area contributed by atoms with E-state index in [0.29, 0.717) is 24.6 Å². The van der Waals surface area contributed by atoms with E-state index < -0.39 is 0 Å². The second-order valence-corrected chi connectivity index (χ2v) is 9.85. The first kappa shape index (κ1) is 23.5. The Hall–Kier alpha value is -2.66. The fraction of sp³-hybridized carbons (Fsp3) is 0.500. The molecular formula is C28H37N3O2. The van der Waals surface area contributed by atoms with Gasteiger partial charge in [0.1, 0.15) is 6.04 Å². The van der Waals surface area contributed by atoms with Gasteiger partial charge >= 0.3 is 0 Å². The maximum atomic E-state index is 13.8. The minimum atomic E-state index is -0.362. The van der Waals surface area contributed by atoms with E-state index in [9.17, 15) is 9.59 Å². The first-order valence-corrected chi connectivity index (χ1v) is 12.4. The van der Waals surface area contributed by atoms with Gasteiger partial charge in [0.15, 0.2) is 0 Å². The third kappa shape index (κ3) is 5.30. The predicted molar refractivity (Wildman–Crippen MR) is 132 cm³/mol. The van der Waals surface area contributed by atoms with Gasteiger partial charge in [0.05, 0.1) is 0 Å². The summed E-state index contributed by atoms with van der Waals surface area (Å²) in [6, 6.07) is 17.8. The highest BCUT2D eigenvalue weighted by Gasteiger charge is 2.48. The van der Waals surface area contributed by atoms with Crippen molar-refractivity contribution in [2.45, 2.75) is 64.2 Å². The summed E-state index contributed by atoms with van der Waals surface area (Å²) in [4.78, 5) is 33.4. The molecule has 0 bridgehead atoms. The van der Waals surface area contributed by atoms with Crippen LogP contribution in [0.2, 0.25) is 0 Å². The molecule has 2 aliphatic rings. The number of rotatable bonds is 7. The Morgan fingerprint density at radius 2 is 1.55 bits per heavy atom. The van der Waals surface area contributed by atoms with Gasteiger partial charge in [-0.3, -0.25) is 9.59 Å². The van der Waals surface area contributed by atoms with E-state index in [0.717, 1.165) is 37.8 Å². The van der Waals surface area contributed by atoms with Gasteiger partial charge in [0.2, 0.25) is 5.91 Å². The highest BCUT2D eigenvalue weighted by Crippen LogP contribution is 2.41. The second kappa shape index (κ2) is 10.5. The van der Waals surface area contributed by atoms with Crippen molar-refractivity contribution in [1.29, 1.82) is 0 Å². The standard InChI is InChI=1S/C28H37N3O2/c1-4-30(20-22-16-14-21(15-17-22)19-29(2)3)28(33)26-18-24-12-8-9-13-25(24)31(26)27(32)23-10-6-5-7-11-23/h5-7,10-11,14-17,24-26H,4,8-9,12-13,18-20H2,1-3H3. The van der Waals surface area contributed by atoms with E-state index in [2.05, 4.69) is 43.3 Å². The Morgan fingerprint density at radius 1 is 0.909 bits per heavy atom. The zero-order valence-electron chi connectivity index (χ0n) is 20.2. The molecule has 2 fully saturated rings. The van der Waals surface area contributed by atoms with Crippen LogP contribution in [0, 0.1) is 5.92 Å². The molecule has 4 rings (SSSR count). The van der Waals surface area contributed by atoms with Crippen LogP contribution in [0.3, 0.4) is 0 Å². The molecule has 3 unspecified atom stereocenters. The monoisotopic (exact) mass is 447 g/mol. The molecule has 1 saturated carbocycles. The van der Waals surface area contributed by atoms with Crippen molar-refractivity contribution in [2.24, 2.45) is 5.92 Å². The van der Waals surface area contributed by atoms with Gasteiger partial charge < -0.3 is 14.7 Å². The van der Waals surface area contributed by atoms with Crippen LogP contribution in [0.5, 0.6) is 0 Å². The van der Waals surface area contributed by atoms with E-state index in [4.69, 9.17) is 0 Å². The molecule has 2 amide bonds. The fourth-order valence-corrected chi connectivity index (χ4v) is 5.59. The lowest BCUT2D eigenvalue weighted by molar-refractivity contribution is -0.136. The fourth-order valence-electron chi connectivity index (χ4n) is 5.59. The number of amides is 2. The predicted octanol–water partition coefficient (Wildman–Crippen LogP) is 4.57. The van der Waals surface area contributed by atoms with Gasteiger partial charge in [-0.25, -0.2) is 0 Å². The number of likely N-dealkylation sites (N-methyl/N-ethyl adjacent to an activating group) is 1. The largest absolute Gasteiger partial charge is 0.337 e. The lowest BCUT2D eigenvalue weighted by Gasteiger charge is -2.35. The second-order valence-electron chi connectivity index (χ2n) is 9.85. The SMILES string of the molecule is CCN(Cc1ccc(CN(C)C)cc1)C(=O)C1CC2CCCCC2N1C(=O)c1ccccc1. The number of hydrogen-bond donors (Lipinski definition) is 0. The molecule has 5 nitrogen and oxygen atoms in total. The highest BCUT2D eigenvalue weighted by molar-refractivity contribution is 5.98. The molecule has 176 valence electrons. The van der Waals surface area contributed by atoms with Gasteiger partial charge in [-0.2, -0.15) is 0 Å². The van der Waals surface area contributed by atoms with Crippen molar-refractivity contribution >= 4 is 11.8 Å². The lowest BCUT2D eigenvalue weighted by Crippen LogP contribution is -2.50. The number of nitrogens with zero attached hydrogens (tertiary/aromatic N) is 3. The quantitative estimate of drug-likeness (QED) is 0.625. The van der Waals surface area contributed by atoms with E-state index in [1.165, 1.54) is 12.0 Å². The number of carbonyl (C=O) groups is 2. The molecule has 33 heavy (non-hydrogen) atoms. The molecular weight excluding hydrogens is 410 g/mol. The van der Waals surface area contributed by atoms with Gasteiger partial charge in [-0.1, -0.05) is 55.3 Å². The maximum absolute atomic E-state index is 13.8. The molecule has 2 aromatic rings. The van der Waals surface area contributed by atoms with Crippen LogP contribution < -0.4 is 0 Å². The molecule has 3 atom stereocenters. The number of hydrogen-bond acceptors (Lipinski definition) is 3. The van der Waals surface area contributed by atoms with E-state index in [1.54, 1.807) is 0 Å². The van der Waals surface area contributed by atoms with Crippen molar-refractivity contribution in [3.63, 3.8) is 0 Å². The summed E-state index contributed by atoms with van der Waals surface area (Å²) in [6.45, 7) is 4.15. The summed E-state index contributed by atoms with van der Waals surface area (Å²) in [5, 5.41) is 0. The van der Waals surface area contributed by atoms with Gasteiger partial charge in [0, 0.05) is 31.2 Å². The zero-order chi connectivity index (χ0) is 23.4. The van der Waals surface area contributed by atoms with Crippen LogP contribution >= 0.6 is 0 Å². The van der Waals surface area contributed by atoms with Crippen LogP contribution in [0.1, 0.15) is 60.5 Å². The molecule has 0 N–H and O–H groups in total. The van der Waals surface area contributed by atoms with Crippen molar-refractivity contribution in [1.82, 2.24) is 14.7 Å². The van der Waals surface area contributed by atoms with Crippen LogP contribution in [-0.4, -0.2) is 59.2 Å². The average molecular weight is 448 g/mol. The van der Waals surface area contributed by atoms with Crippen molar-refractivity contribution in [3.8, 4) is 0 Å². The highest BCUT2D eigenvalue weighted by atomic mass is 16.2. The number of benzene rings is 2. The zero-order valence-corrected chi connectivity index (χ0v) is 20.2. The van der Waals surface area contributed by atoms with E-state index in [1.807, 2.05) is 47.1 Å². The van der Waals surface area contributed by atoms with Crippen molar-refractivity contribution < 1.29 is 9.59 Å². The van der Waals surface area contributed by atoms with Gasteiger partial charge in [0.25, 0.3) is 5.91 Å². The molecule has 1 heterocycles. The number of carbonyl (C=O) groups excluding carboxylic acids is 2. The summed E-state index contributed by atoms with van der Waals surface area (Å²) in [7, 11) is 4.13. The molecule has 0 aromatic heterocycles. The molecule has 1 aliphatic heterocycles. The summed E-state index contributed by atoms with van der Waals surface area (Å²) in [6.07, 6.45) is 5.25. The van der Waals surface area contributed by atoms with Crippen LogP contribution in [0.25, 0.3) is 0 Å². The molecule has 0 spiro atoms. The van der Waals surface area contributed by atoms with E-state index >= 15 is 0 Å². The Kier molecular flexibility index (Phi) is 7.49. The smallest absolute Gasteiger partial charge is 0.254 e. The number of fused-ring (bicyclic) bond motifs is 1. The Morgan fingerprint density at radius 3 is 2.18 bits per heavy atom. The third-order valence-electron chi connectivity index (χ3n) is 7.22. The van der Waals surface area contributed by atoms with Crippen LogP contribution in [0.4, 0.5) is 0 Å². The maximum Gasteiger partial charge on any atom is 0.254 e. The Bertz CT molecular complexity index is 941. The molecule has 1 saturated heterocycles. The molecule has 1 aliphatic carbocycles. The summed E-state index contributed by atoms with van der Waals surface area (Å²) < 4.78 is 0. The minimum Gasteiger partial charge on any atom is -0.337 e. The Balaban J connectivity index is 1.53. The van der Waals surface area contributed by atoms with Crippen molar-refractivity contribution in [2.75, 3.05) is 20.6 Å². The van der Waals surface area contributed by atoms with Crippen LogP contribution in [-0.2, 0) is 17.9 Å². The van der Waals surface area contributed by atoms with E-state index in [-0.39, 0.29) is 23.9 Å². The van der Waals surface area contributed by atoms with Gasteiger partial charge in [-0.05, 0) is 69.5 Å². The molecule has 5 heteroatoms. The summed E-state index contributed by atoms with van der Waals surface area (Å²) in [5.74, 6) is 0.533. The summed E-state index contributed by atoms with van der Waals surface area (Å²) in [5.41, 5.74) is 3.07. The topological polar surface area (TPSA) is 43.9 Å². The molecule has 2 aromatic carbocycles.